The van der Waals surface area contributed by atoms with Crippen molar-refractivity contribution in [3.05, 3.63) is 17.5 Å². The molecule has 15 heavy (non-hydrogen) atoms. The maximum absolute atomic E-state index is 12.4. The van der Waals surface area contributed by atoms with Gasteiger partial charge in [-0.2, -0.15) is 18.3 Å². The molecule has 1 heterocycles. The first-order valence-electron chi connectivity index (χ1n) is 4.38. The molecule has 1 rings (SSSR count). The van der Waals surface area contributed by atoms with E-state index in [1.807, 2.05) is 0 Å². The van der Waals surface area contributed by atoms with Crippen LogP contribution >= 0.6 is 0 Å². The van der Waals surface area contributed by atoms with Gasteiger partial charge in [-0.3, -0.25) is 4.68 Å². The summed E-state index contributed by atoms with van der Waals surface area (Å²) in [6.07, 6.45) is -3.23. The van der Waals surface area contributed by atoms with Crippen molar-refractivity contribution in [3.63, 3.8) is 0 Å². The third-order valence-electron chi connectivity index (χ3n) is 1.83. The number of rotatable bonds is 4. The van der Waals surface area contributed by atoms with Crippen molar-refractivity contribution >= 4 is 0 Å². The molecule has 0 saturated heterocycles. The molecule has 0 unspecified atom stereocenters. The average molecular weight is 225 g/mol. The highest BCUT2D eigenvalue weighted by Crippen LogP contribution is 2.30. The molecule has 0 aliphatic heterocycles. The molecular weight excluding hydrogens is 214 g/mol. The number of halogens is 4. The van der Waals surface area contributed by atoms with Crippen molar-refractivity contribution in [1.82, 2.24) is 9.78 Å². The van der Waals surface area contributed by atoms with Gasteiger partial charge in [0.15, 0.2) is 5.69 Å². The van der Waals surface area contributed by atoms with E-state index in [4.69, 9.17) is 5.73 Å². The Bertz CT molecular complexity index is 318. The highest BCUT2D eigenvalue weighted by molar-refractivity contribution is 5.20. The Labute approximate surface area is 83.9 Å². The third-order valence-corrected chi connectivity index (χ3v) is 1.83. The summed E-state index contributed by atoms with van der Waals surface area (Å²) in [7, 11) is 0. The zero-order valence-electron chi connectivity index (χ0n) is 7.89. The average Bonchev–Trinajstić information content (AvgIpc) is 2.49. The van der Waals surface area contributed by atoms with Gasteiger partial charge in [0.1, 0.15) is 6.67 Å². The molecule has 0 aromatic carbocycles. The summed E-state index contributed by atoms with van der Waals surface area (Å²) in [4.78, 5) is 0. The Hall–Kier alpha value is -1.11. The minimum absolute atomic E-state index is 0.0125. The van der Waals surface area contributed by atoms with Gasteiger partial charge in [-0.05, 0) is 13.0 Å². The number of aromatic nitrogens is 2. The van der Waals surface area contributed by atoms with Gasteiger partial charge < -0.3 is 5.73 Å². The first kappa shape index (κ1) is 12.0. The lowest BCUT2D eigenvalue weighted by Crippen LogP contribution is -2.12. The molecule has 0 aliphatic carbocycles. The predicted octanol–water partition coefficient (Wildman–Crippen LogP) is 1.37. The first-order valence-corrected chi connectivity index (χ1v) is 4.38. The molecule has 2 N–H and O–H groups in total. The van der Waals surface area contributed by atoms with E-state index >= 15 is 0 Å². The quantitative estimate of drug-likeness (QED) is 0.786. The summed E-state index contributed by atoms with van der Waals surface area (Å²) in [5.41, 5.74) is 4.22. The Morgan fingerprint density at radius 2 is 2.07 bits per heavy atom. The second-order valence-electron chi connectivity index (χ2n) is 2.99. The van der Waals surface area contributed by atoms with Crippen LogP contribution in [-0.2, 0) is 19.1 Å². The smallest absolute Gasteiger partial charge is 0.330 e. The second-order valence-corrected chi connectivity index (χ2v) is 2.99. The lowest BCUT2D eigenvalue weighted by Gasteiger charge is -2.04. The van der Waals surface area contributed by atoms with E-state index in [2.05, 4.69) is 5.10 Å². The van der Waals surface area contributed by atoms with E-state index in [0.29, 0.717) is 0 Å². The lowest BCUT2D eigenvalue weighted by atomic mass is 10.2. The Morgan fingerprint density at radius 3 is 2.53 bits per heavy atom. The van der Waals surface area contributed by atoms with Crippen LogP contribution in [0.25, 0.3) is 0 Å². The summed E-state index contributed by atoms with van der Waals surface area (Å²) in [5, 5.41) is 3.29. The highest BCUT2D eigenvalue weighted by atomic mass is 19.4. The largest absolute Gasteiger partial charge is 0.435 e. The third kappa shape index (κ3) is 2.92. The minimum atomic E-state index is -4.51. The van der Waals surface area contributed by atoms with Crippen LogP contribution in [0.4, 0.5) is 17.6 Å². The normalized spacial score (nSPS) is 12.1. The van der Waals surface area contributed by atoms with Crippen molar-refractivity contribution < 1.29 is 17.6 Å². The molecular formula is C8H11F4N3. The molecule has 0 atom stereocenters. The minimum Gasteiger partial charge on any atom is -0.330 e. The van der Waals surface area contributed by atoms with E-state index in [-0.39, 0.29) is 25.1 Å². The molecule has 0 fully saturated rings. The van der Waals surface area contributed by atoms with Crippen LogP contribution in [0.15, 0.2) is 6.20 Å². The van der Waals surface area contributed by atoms with Crippen molar-refractivity contribution in [2.24, 2.45) is 5.73 Å². The fourth-order valence-corrected chi connectivity index (χ4v) is 1.24. The number of hydrogen-bond acceptors (Lipinski definition) is 2. The number of alkyl halides is 4. The number of hydrogen-bond donors (Lipinski definition) is 1. The highest BCUT2D eigenvalue weighted by Gasteiger charge is 2.36. The zero-order chi connectivity index (χ0) is 11.5. The molecule has 1 aromatic heterocycles. The van der Waals surface area contributed by atoms with Crippen LogP contribution in [0.1, 0.15) is 11.3 Å². The number of aryl methyl sites for hydroxylation is 1. The van der Waals surface area contributed by atoms with Crippen molar-refractivity contribution in [2.45, 2.75) is 19.1 Å². The molecule has 0 saturated carbocycles. The predicted molar refractivity (Wildman–Crippen MR) is 46.0 cm³/mol. The van der Waals surface area contributed by atoms with Gasteiger partial charge in [-0.1, -0.05) is 0 Å². The monoisotopic (exact) mass is 225 g/mol. The fraction of sp³-hybridized carbons (Fsp3) is 0.625. The van der Waals surface area contributed by atoms with E-state index in [0.717, 1.165) is 4.68 Å². The van der Waals surface area contributed by atoms with Crippen LogP contribution in [-0.4, -0.2) is 23.0 Å². The zero-order valence-corrected chi connectivity index (χ0v) is 7.89. The van der Waals surface area contributed by atoms with Crippen LogP contribution in [0.2, 0.25) is 0 Å². The van der Waals surface area contributed by atoms with E-state index in [1.54, 1.807) is 0 Å². The van der Waals surface area contributed by atoms with Crippen molar-refractivity contribution in [2.75, 3.05) is 13.2 Å². The molecule has 86 valence electrons. The summed E-state index contributed by atoms with van der Waals surface area (Å²) in [6, 6.07) is 0. The van der Waals surface area contributed by atoms with E-state index in [9.17, 15) is 17.6 Å². The van der Waals surface area contributed by atoms with Gasteiger partial charge in [0.05, 0.1) is 6.54 Å². The van der Waals surface area contributed by atoms with Crippen LogP contribution in [0.5, 0.6) is 0 Å². The van der Waals surface area contributed by atoms with Crippen molar-refractivity contribution in [1.29, 1.82) is 0 Å². The molecule has 0 bridgehead atoms. The van der Waals surface area contributed by atoms with E-state index in [1.165, 1.54) is 6.20 Å². The van der Waals surface area contributed by atoms with Crippen LogP contribution in [0.3, 0.4) is 0 Å². The number of nitrogens with zero attached hydrogens (tertiary/aromatic N) is 2. The SMILES string of the molecule is NCCc1cn(CCF)nc1C(F)(F)F. The maximum Gasteiger partial charge on any atom is 0.435 e. The topological polar surface area (TPSA) is 43.8 Å². The molecule has 0 aliphatic rings. The number of nitrogens with two attached hydrogens (primary N) is 1. The van der Waals surface area contributed by atoms with Crippen molar-refractivity contribution in [3.8, 4) is 0 Å². The molecule has 0 spiro atoms. The van der Waals surface area contributed by atoms with E-state index < -0.39 is 18.5 Å². The standard InChI is InChI=1S/C8H11F4N3/c9-2-4-15-5-6(1-3-13)7(14-15)8(10,11)12/h5H,1-4,13H2. The van der Waals surface area contributed by atoms with Gasteiger partial charge in [0, 0.05) is 11.8 Å². The summed E-state index contributed by atoms with van der Waals surface area (Å²) >= 11 is 0. The van der Waals surface area contributed by atoms with Gasteiger partial charge in [0.2, 0.25) is 0 Å². The fourth-order valence-electron chi connectivity index (χ4n) is 1.24. The Kier molecular flexibility index (Phi) is 3.67. The van der Waals surface area contributed by atoms with Crippen LogP contribution in [0, 0.1) is 0 Å². The molecule has 0 amide bonds. The maximum atomic E-state index is 12.4. The summed E-state index contributed by atoms with van der Waals surface area (Å²) < 4.78 is 50.1. The van der Waals surface area contributed by atoms with Gasteiger partial charge in [0.25, 0.3) is 0 Å². The van der Waals surface area contributed by atoms with Gasteiger partial charge in [-0.25, -0.2) is 4.39 Å². The molecule has 3 nitrogen and oxygen atoms in total. The summed E-state index contributed by atoms with van der Waals surface area (Å²) in [5.74, 6) is 0. The first-order chi connectivity index (χ1) is 6.99. The van der Waals surface area contributed by atoms with Crippen LogP contribution < -0.4 is 5.73 Å². The lowest BCUT2D eigenvalue weighted by molar-refractivity contribution is -0.142. The van der Waals surface area contributed by atoms with Gasteiger partial charge in [-0.15, -0.1) is 0 Å². The molecule has 0 radical (unpaired) electrons. The Balaban J connectivity index is 3.00. The second kappa shape index (κ2) is 4.61. The molecule has 1 aromatic rings. The summed E-state index contributed by atoms with van der Waals surface area (Å²) in [6.45, 7) is -0.820. The Morgan fingerprint density at radius 1 is 1.40 bits per heavy atom. The molecule has 7 heteroatoms. The van der Waals surface area contributed by atoms with Gasteiger partial charge >= 0.3 is 6.18 Å².